The van der Waals surface area contributed by atoms with Crippen molar-refractivity contribution in [2.75, 3.05) is 19.0 Å². The summed E-state index contributed by atoms with van der Waals surface area (Å²) in [7, 11) is 5.20. The molecule has 1 saturated heterocycles. The highest BCUT2D eigenvalue weighted by molar-refractivity contribution is 6.30. The molecule has 2 amide bonds. The second kappa shape index (κ2) is 6.28. The number of carbonyl (C=O) groups excluding carboxylic acids is 2. The van der Waals surface area contributed by atoms with E-state index in [9.17, 15) is 9.59 Å². The van der Waals surface area contributed by atoms with Crippen LogP contribution in [0.25, 0.3) is 0 Å². The Bertz CT molecular complexity index is 788. The average molecular weight is 347 g/mol. The lowest BCUT2D eigenvalue weighted by Crippen LogP contribution is -2.36. The Morgan fingerprint density at radius 1 is 1.33 bits per heavy atom. The molecule has 0 saturated carbocycles. The molecule has 7 heteroatoms. The summed E-state index contributed by atoms with van der Waals surface area (Å²) in [5.41, 5.74) is 0.864. The van der Waals surface area contributed by atoms with E-state index in [-0.39, 0.29) is 24.3 Å². The molecule has 3 rings (SSSR count). The molecule has 6 nitrogen and oxygen atoms in total. The van der Waals surface area contributed by atoms with E-state index in [1.807, 2.05) is 18.2 Å². The van der Waals surface area contributed by atoms with Crippen LogP contribution >= 0.6 is 11.6 Å². The van der Waals surface area contributed by atoms with Crippen molar-refractivity contribution in [3.8, 4) is 0 Å². The Balaban J connectivity index is 1.92. The van der Waals surface area contributed by atoms with E-state index >= 15 is 0 Å². The minimum absolute atomic E-state index is 0.0484. The monoisotopic (exact) mass is 346 g/mol. The third-order valence-corrected chi connectivity index (χ3v) is 4.70. The summed E-state index contributed by atoms with van der Waals surface area (Å²) in [6, 6.07) is 8.76. The third-order valence-electron chi connectivity index (χ3n) is 4.47. The first kappa shape index (κ1) is 16.5. The van der Waals surface area contributed by atoms with Gasteiger partial charge in [-0.2, -0.15) is 5.10 Å². The summed E-state index contributed by atoms with van der Waals surface area (Å²) in [6.45, 7) is 0. The molecule has 24 heavy (non-hydrogen) atoms. The van der Waals surface area contributed by atoms with Gasteiger partial charge in [0, 0.05) is 44.8 Å². The smallest absolute Gasteiger partial charge is 0.234 e. The number of rotatable bonds is 3. The number of aryl methyl sites for hydroxylation is 1. The molecular formula is C17H19ClN4O2. The van der Waals surface area contributed by atoms with Gasteiger partial charge in [0.2, 0.25) is 11.8 Å². The van der Waals surface area contributed by atoms with Gasteiger partial charge in [0.15, 0.2) is 5.82 Å². The minimum Gasteiger partial charge on any atom is -0.338 e. The number of likely N-dealkylation sites (tertiary alicyclic amines) is 1. The van der Waals surface area contributed by atoms with Crippen molar-refractivity contribution in [3.05, 3.63) is 47.1 Å². The number of amides is 2. The van der Waals surface area contributed by atoms with E-state index in [1.165, 1.54) is 4.90 Å². The quantitative estimate of drug-likeness (QED) is 0.856. The highest BCUT2D eigenvalue weighted by Gasteiger charge is 2.44. The number of nitrogens with zero attached hydrogens (tertiary/aromatic N) is 4. The second-order valence-corrected chi connectivity index (χ2v) is 6.50. The summed E-state index contributed by atoms with van der Waals surface area (Å²) in [5, 5.41) is 4.84. The molecule has 0 N–H and O–H groups in total. The molecule has 2 aromatic rings. The fourth-order valence-electron chi connectivity index (χ4n) is 3.18. The molecule has 0 aliphatic carbocycles. The summed E-state index contributed by atoms with van der Waals surface area (Å²) >= 11 is 6.08. The van der Waals surface area contributed by atoms with Crippen molar-refractivity contribution in [2.24, 2.45) is 13.0 Å². The molecule has 2 atom stereocenters. The topological polar surface area (TPSA) is 58.4 Å². The normalized spacial score (nSPS) is 20.5. The van der Waals surface area contributed by atoms with Crippen LogP contribution in [-0.2, 0) is 16.6 Å². The Labute approximate surface area is 145 Å². The predicted molar refractivity (Wildman–Crippen MR) is 91.7 cm³/mol. The van der Waals surface area contributed by atoms with Gasteiger partial charge in [-0.05, 0) is 17.7 Å². The molecular weight excluding hydrogens is 328 g/mol. The first-order chi connectivity index (χ1) is 11.4. The number of anilines is 1. The van der Waals surface area contributed by atoms with Crippen LogP contribution in [0.2, 0.25) is 5.02 Å². The fraction of sp³-hybridized carbons (Fsp3) is 0.353. The molecule has 2 heterocycles. The highest BCUT2D eigenvalue weighted by atomic mass is 35.5. The van der Waals surface area contributed by atoms with Gasteiger partial charge in [-0.3, -0.25) is 19.2 Å². The van der Waals surface area contributed by atoms with E-state index in [4.69, 9.17) is 11.6 Å². The van der Waals surface area contributed by atoms with Crippen LogP contribution in [0.1, 0.15) is 18.0 Å². The molecule has 1 fully saturated rings. The Morgan fingerprint density at radius 3 is 2.71 bits per heavy atom. The summed E-state index contributed by atoms with van der Waals surface area (Å²) in [4.78, 5) is 28.3. The van der Waals surface area contributed by atoms with Crippen LogP contribution in [0.15, 0.2) is 36.5 Å². The standard InChI is InChI=1S/C17H19ClN4O2/c1-20-8-7-14(19-20)21(2)17(24)13-10-15(23)22(3)16(13)11-5-4-6-12(18)9-11/h4-9,13,16H,10H2,1-3H3/t13-,16-/m1/s1. The van der Waals surface area contributed by atoms with Crippen LogP contribution in [0.5, 0.6) is 0 Å². The van der Waals surface area contributed by atoms with Crippen molar-refractivity contribution in [1.82, 2.24) is 14.7 Å². The molecule has 0 bridgehead atoms. The van der Waals surface area contributed by atoms with Gasteiger partial charge in [-0.25, -0.2) is 0 Å². The van der Waals surface area contributed by atoms with E-state index in [0.29, 0.717) is 10.8 Å². The Morgan fingerprint density at radius 2 is 2.08 bits per heavy atom. The van der Waals surface area contributed by atoms with Crippen LogP contribution in [0, 0.1) is 5.92 Å². The van der Waals surface area contributed by atoms with Crippen LogP contribution in [0.3, 0.4) is 0 Å². The van der Waals surface area contributed by atoms with Gasteiger partial charge in [0.25, 0.3) is 0 Å². The highest BCUT2D eigenvalue weighted by Crippen LogP contribution is 2.39. The number of hydrogen-bond donors (Lipinski definition) is 0. The lowest BCUT2D eigenvalue weighted by Gasteiger charge is -2.27. The first-order valence-electron chi connectivity index (χ1n) is 7.67. The first-order valence-corrected chi connectivity index (χ1v) is 8.04. The van der Waals surface area contributed by atoms with Crippen molar-refractivity contribution < 1.29 is 9.59 Å². The van der Waals surface area contributed by atoms with Gasteiger partial charge in [0.05, 0.1) is 12.0 Å². The SMILES string of the molecule is CN(C(=O)[C@@H]1CC(=O)N(C)[C@@H]1c1cccc(Cl)c1)c1ccn(C)n1. The summed E-state index contributed by atoms with van der Waals surface area (Å²) < 4.78 is 1.64. The van der Waals surface area contributed by atoms with Gasteiger partial charge in [0.1, 0.15) is 0 Å². The predicted octanol–water partition coefficient (Wildman–Crippen LogP) is 2.26. The summed E-state index contributed by atoms with van der Waals surface area (Å²) in [6.07, 6.45) is 1.96. The molecule has 0 radical (unpaired) electrons. The van der Waals surface area contributed by atoms with Crippen molar-refractivity contribution in [2.45, 2.75) is 12.5 Å². The number of aromatic nitrogens is 2. The molecule has 0 spiro atoms. The summed E-state index contributed by atoms with van der Waals surface area (Å²) in [5.74, 6) is -0.0774. The maximum absolute atomic E-state index is 13.0. The van der Waals surface area contributed by atoms with E-state index in [0.717, 1.165) is 5.56 Å². The van der Waals surface area contributed by atoms with E-state index < -0.39 is 5.92 Å². The van der Waals surface area contributed by atoms with E-state index in [1.54, 1.807) is 49.1 Å². The molecule has 1 aromatic carbocycles. The zero-order valence-corrected chi connectivity index (χ0v) is 14.6. The number of benzene rings is 1. The van der Waals surface area contributed by atoms with Gasteiger partial charge in [-0.1, -0.05) is 23.7 Å². The average Bonchev–Trinajstić information content (AvgIpc) is 3.10. The minimum atomic E-state index is -0.465. The van der Waals surface area contributed by atoms with Gasteiger partial charge in [-0.15, -0.1) is 0 Å². The largest absolute Gasteiger partial charge is 0.338 e. The molecule has 0 unspecified atom stereocenters. The maximum Gasteiger partial charge on any atom is 0.234 e. The third kappa shape index (κ3) is 2.89. The lowest BCUT2D eigenvalue weighted by atomic mass is 9.92. The second-order valence-electron chi connectivity index (χ2n) is 6.06. The molecule has 1 aliphatic heterocycles. The van der Waals surface area contributed by atoms with Crippen LogP contribution in [0.4, 0.5) is 5.82 Å². The van der Waals surface area contributed by atoms with Gasteiger partial charge >= 0.3 is 0 Å². The van der Waals surface area contributed by atoms with Crippen molar-refractivity contribution >= 4 is 29.2 Å². The van der Waals surface area contributed by atoms with Crippen LogP contribution < -0.4 is 4.90 Å². The van der Waals surface area contributed by atoms with Crippen molar-refractivity contribution in [1.29, 1.82) is 0 Å². The molecule has 1 aliphatic rings. The number of hydrogen-bond acceptors (Lipinski definition) is 3. The van der Waals surface area contributed by atoms with Gasteiger partial charge < -0.3 is 4.90 Å². The Hall–Kier alpha value is -2.34. The van der Waals surface area contributed by atoms with E-state index in [2.05, 4.69) is 5.10 Å². The number of carbonyl (C=O) groups is 2. The zero-order chi connectivity index (χ0) is 17.4. The molecule has 126 valence electrons. The lowest BCUT2D eigenvalue weighted by molar-refractivity contribution is -0.128. The number of halogens is 1. The van der Waals surface area contributed by atoms with Crippen LogP contribution in [-0.4, -0.2) is 40.6 Å². The maximum atomic E-state index is 13.0. The van der Waals surface area contributed by atoms with Crippen molar-refractivity contribution in [3.63, 3.8) is 0 Å². The molecule has 1 aromatic heterocycles. The fourth-order valence-corrected chi connectivity index (χ4v) is 3.38. The Kier molecular flexibility index (Phi) is 4.32. The zero-order valence-electron chi connectivity index (χ0n) is 13.8.